The Morgan fingerprint density at radius 2 is 1.95 bits per heavy atom. The summed E-state index contributed by atoms with van der Waals surface area (Å²) in [6.07, 6.45) is 2.50. The molecule has 1 N–H and O–H groups in total. The molecule has 2 heterocycles. The van der Waals surface area contributed by atoms with Gasteiger partial charge < -0.3 is 5.32 Å². The molecule has 0 fully saturated rings. The van der Waals surface area contributed by atoms with Gasteiger partial charge in [0.05, 0.1) is 5.69 Å². The van der Waals surface area contributed by atoms with Gasteiger partial charge in [-0.25, -0.2) is 4.68 Å². The van der Waals surface area contributed by atoms with E-state index in [1.807, 2.05) is 17.7 Å². The Balaban J connectivity index is 1.92. The van der Waals surface area contributed by atoms with E-state index < -0.39 is 0 Å². The average molecular weight is 293 g/mol. The number of Topliss-reactive ketones (excluding diaryl/α,β-unsaturated/α-hetero) is 1. The Morgan fingerprint density at radius 3 is 2.73 bits per heavy atom. The summed E-state index contributed by atoms with van der Waals surface area (Å²) in [5.74, 6) is 1.23. The number of anilines is 1. The van der Waals surface area contributed by atoms with Gasteiger partial charge in [-0.2, -0.15) is 5.10 Å². The van der Waals surface area contributed by atoms with E-state index in [9.17, 15) is 4.79 Å². The van der Waals surface area contributed by atoms with E-state index in [1.165, 1.54) is 5.56 Å². The summed E-state index contributed by atoms with van der Waals surface area (Å²) in [7, 11) is 0. The van der Waals surface area contributed by atoms with Gasteiger partial charge in [0.1, 0.15) is 11.9 Å². The largest absolute Gasteiger partial charge is 0.343 e. The highest BCUT2D eigenvalue weighted by Gasteiger charge is 2.35. The quantitative estimate of drug-likeness (QED) is 0.875. The second-order valence-corrected chi connectivity index (χ2v) is 6.22. The van der Waals surface area contributed by atoms with Crippen molar-refractivity contribution >= 4 is 11.6 Å². The highest BCUT2D eigenvalue weighted by molar-refractivity contribution is 5.99. The fourth-order valence-electron chi connectivity index (χ4n) is 3.45. The smallest absolute Gasteiger partial charge is 0.163 e. The number of fused-ring (bicyclic) bond motifs is 1. The van der Waals surface area contributed by atoms with Crippen LogP contribution in [0.15, 0.2) is 41.6 Å². The molecule has 0 saturated carbocycles. The number of aryl methyl sites for hydroxylation is 2. The molecule has 2 aromatic rings. The highest BCUT2D eigenvalue weighted by atomic mass is 16.1. The van der Waals surface area contributed by atoms with E-state index >= 15 is 0 Å². The fourth-order valence-corrected chi connectivity index (χ4v) is 3.45. The number of carbonyl (C=O) groups excluding carboxylic acids is 1. The Hall–Kier alpha value is -2.36. The molecule has 1 atom stereocenters. The number of nitrogens with one attached hydrogen (secondary N) is 1. The summed E-state index contributed by atoms with van der Waals surface area (Å²) in [5.41, 5.74) is 5.28. The number of carbonyl (C=O) groups is 1. The van der Waals surface area contributed by atoms with Crippen LogP contribution >= 0.6 is 0 Å². The number of hydrogen-bond acceptors (Lipinski definition) is 3. The molecule has 1 aliphatic carbocycles. The Bertz CT molecular complexity index is 783. The highest BCUT2D eigenvalue weighted by Crippen LogP contribution is 2.40. The van der Waals surface area contributed by atoms with Crippen LogP contribution < -0.4 is 5.32 Å². The molecule has 0 amide bonds. The Morgan fingerprint density at radius 1 is 1.18 bits per heavy atom. The van der Waals surface area contributed by atoms with E-state index in [4.69, 9.17) is 0 Å². The summed E-state index contributed by atoms with van der Waals surface area (Å²) in [5, 5.41) is 8.05. The Kier molecular flexibility index (Phi) is 2.93. The first-order valence-electron chi connectivity index (χ1n) is 7.79. The molecule has 0 saturated heterocycles. The van der Waals surface area contributed by atoms with Crippen molar-refractivity contribution in [1.29, 1.82) is 0 Å². The molecular weight excluding hydrogens is 274 g/mol. The van der Waals surface area contributed by atoms with Crippen LogP contribution in [0.25, 0.3) is 0 Å². The molecule has 0 radical (unpaired) electrons. The van der Waals surface area contributed by atoms with Gasteiger partial charge in [-0.05, 0) is 32.3 Å². The molecule has 1 aromatic carbocycles. The third kappa shape index (κ3) is 1.98. The third-order valence-corrected chi connectivity index (χ3v) is 4.50. The number of aromatic nitrogens is 2. The lowest BCUT2D eigenvalue weighted by atomic mass is 9.85. The van der Waals surface area contributed by atoms with E-state index in [2.05, 4.69) is 41.6 Å². The summed E-state index contributed by atoms with van der Waals surface area (Å²) >= 11 is 0. The number of nitrogens with zero attached hydrogens (tertiary/aromatic N) is 2. The van der Waals surface area contributed by atoms with Crippen LogP contribution in [0.2, 0.25) is 0 Å². The molecule has 2 aliphatic rings. The SMILES string of the molecule is Cc1ccc(C2C3=C(CCCC3=O)Nc3cc(C)nn32)cc1. The van der Waals surface area contributed by atoms with Crippen LogP contribution in [0, 0.1) is 13.8 Å². The monoisotopic (exact) mass is 293 g/mol. The van der Waals surface area contributed by atoms with E-state index in [-0.39, 0.29) is 11.8 Å². The van der Waals surface area contributed by atoms with Crippen molar-refractivity contribution in [3.63, 3.8) is 0 Å². The maximum atomic E-state index is 12.6. The van der Waals surface area contributed by atoms with Gasteiger partial charge in [0, 0.05) is 23.8 Å². The molecule has 0 spiro atoms. The number of rotatable bonds is 1. The van der Waals surface area contributed by atoms with Crippen molar-refractivity contribution in [1.82, 2.24) is 9.78 Å². The average Bonchev–Trinajstić information content (AvgIpc) is 2.86. The lowest BCUT2D eigenvalue weighted by Crippen LogP contribution is -2.31. The molecule has 4 nitrogen and oxygen atoms in total. The van der Waals surface area contributed by atoms with E-state index in [0.717, 1.165) is 41.2 Å². The number of benzene rings is 1. The standard InChI is InChI=1S/C18H19N3O/c1-11-6-8-13(9-7-11)18-17-14(4-3-5-15(17)22)19-16-10-12(2)20-21(16)18/h6-10,18-19H,3-5H2,1-2H3. The van der Waals surface area contributed by atoms with E-state index in [0.29, 0.717) is 6.42 Å². The van der Waals surface area contributed by atoms with Crippen molar-refractivity contribution < 1.29 is 4.79 Å². The topological polar surface area (TPSA) is 46.9 Å². The fraction of sp³-hybridized carbons (Fsp3) is 0.333. The van der Waals surface area contributed by atoms with Gasteiger partial charge in [0.25, 0.3) is 0 Å². The minimum Gasteiger partial charge on any atom is -0.343 e. The molecule has 4 heteroatoms. The zero-order valence-corrected chi connectivity index (χ0v) is 12.9. The maximum absolute atomic E-state index is 12.6. The first kappa shape index (κ1) is 13.3. The molecule has 1 unspecified atom stereocenters. The zero-order valence-electron chi connectivity index (χ0n) is 12.9. The van der Waals surface area contributed by atoms with Gasteiger partial charge in [-0.1, -0.05) is 29.8 Å². The van der Waals surface area contributed by atoms with Gasteiger partial charge in [-0.3, -0.25) is 4.79 Å². The van der Waals surface area contributed by atoms with Crippen LogP contribution in [0.3, 0.4) is 0 Å². The van der Waals surface area contributed by atoms with Gasteiger partial charge in [0.15, 0.2) is 5.78 Å². The second-order valence-electron chi connectivity index (χ2n) is 6.22. The summed E-state index contributed by atoms with van der Waals surface area (Å²) in [4.78, 5) is 12.6. The first-order valence-corrected chi connectivity index (χ1v) is 7.79. The van der Waals surface area contributed by atoms with Crippen LogP contribution in [-0.2, 0) is 4.79 Å². The zero-order chi connectivity index (χ0) is 15.3. The predicted octanol–water partition coefficient (Wildman–Crippen LogP) is 3.52. The third-order valence-electron chi connectivity index (χ3n) is 4.50. The van der Waals surface area contributed by atoms with Gasteiger partial charge in [-0.15, -0.1) is 0 Å². The van der Waals surface area contributed by atoms with Crippen LogP contribution in [0.1, 0.15) is 42.1 Å². The lowest BCUT2D eigenvalue weighted by molar-refractivity contribution is -0.116. The van der Waals surface area contributed by atoms with Crippen LogP contribution in [0.4, 0.5) is 5.82 Å². The first-order chi connectivity index (χ1) is 10.6. The van der Waals surface area contributed by atoms with Crippen LogP contribution in [0.5, 0.6) is 0 Å². The Labute approximate surface area is 129 Å². The van der Waals surface area contributed by atoms with E-state index in [1.54, 1.807) is 0 Å². The lowest BCUT2D eigenvalue weighted by Gasteiger charge is -2.33. The normalized spacial score (nSPS) is 20.5. The number of allylic oxidation sites excluding steroid dienone is 2. The molecule has 4 rings (SSSR count). The van der Waals surface area contributed by atoms with Gasteiger partial charge >= 0.3 is 0 Å². The van der Waals surface area contributed by atoms with Crippen molar-refractivity contribution in [2.75, 3.05) is 5.32 Å². The van der Waals surface area contributed by atoms with Crippen molar-refractivity contribution in [3.8, 4) is 0 Å². The molecular formula is C18H19N3O. The molecule has 0 bridgehead atoms. The number of hydrogen-bond donors (Lipinski definition) is 1. The minimum absolute atomic E-state index is 0.103. The van der Waals surface area contributed by atoms with Crippen LogP contribution in [-0.4, -0.2) is 15.6 Å². The minimum atomic E-state index is -0.103. The maximum Gasteiger partial charge on any atom is 0.163 e. The van der Waals surface area contributed by atoms with Gasteiger partial charge in [0.2, 0.25) is 0 Å². The molecule has 1 aromatic heterocycles. The summed E-state index contributed by atoms with van der Waals surface area (Å²) in [6.45, 7) is 4.06. The van der Waals surface area contributed by atoms with Crippen molar-refractivity contribution in [2.24, 2.45) is 0 Å². The number of ketones is 1. The molecule has 1 aliphatic heterocycles. The van der Waals surface area contributed by atoms with Crippen molar-refractivity contribution in [2.45, 2.75) is 39.2 Å². The predicted molar refractivity (Wildman–Crippen MR) is 85.8 cm³/mol. The molecule has 22 heavy (non-hydrogen) atoms. The molecule has 112 valence electrons. The summed E-state index contributed by atoms with van der Waals surface area (Å²) < 4.78 is 1.96. The summed E-state index contributed by atoms with van der Waals surface area (Å²) in [6, 6.07) is 10.4. The second kappa shape index (κ2) is 4.83. The van der Waals surface area contributed by atoms with Crippen molar-refractivity contribution in [3.05, 3.63) is 58.4 Å².